The highest BCUT2D eigenvalue weighted by Gasteiger charge is 2.22. The Labute approximate surface area is 112 Å². The van der Waals surface area contributed by atoms with Crippen LogP contribution in [0.25, 0.3) is 0 Å². The van der Waals surface area contributed by atoms with Crippen LogP contribution in [0.5, 0.6) is 0 Å². The molecule has 0 saturated carbocycles. The number of anilines is 1. The largest absolute Gasteiger partial charge is 0.398 e. The highest BCUT2D eigenvalue weighted by molar-refractivity contribution is 7.89. The lowest BCUT2D eigenvalue weighted by Gasteiger charge is -2.16. The molecule has 0 saturated heterocycles. The molecular weight excluding hydrogens is 276 g/mol. The number of aliphatic hydroxyl groups excluding tert-OH is 1. The van der Waals surface area contributed by atoms with E-state index in [0.29, 0.717) is 17.7 Å². The Bertz CT molecular complexity index is 527. The van der Waals surface area contributed by atoms with Crippen LogP contribution in [0.3, 0.4) is 0 Å². The Balaban J connectivity index is 3.20. The van der Waals surface area contributed by atoms with Crippen molar-refractivity contribution in [1.82, 2.24) is 4.72 Å². The molecule has 0 aromatic heterocycles. The van der Waals surface area contributed by atoms with Crippen LogP contribution in [0.15, 0.2) is 17.0 Å². The lowest BCUT2D eigenvalue weighted by Crippen LogP contribution is -2.37. The topological polar surface area (TPSA) is 92.4 Å². The Hall–Kier alpha value is -0.820. The SMILES string of the molecule is CC[C@H](CO)NS(=O)(=O)c1cc(Cl)cc(N)c1C. The lowest BCUT2D eigenvalue weighted by molar-refractivity contribution is 0.254. The fourth-order valence-corrected chi connectivity index (χ4v) is 3.39. The molecule has 0 aliphatic heterocycles. The van der Waals surface area contributed by atoms with Gasteiger partial charge in [-0.3, -0.25) is 0 Å². The number of nitrogens with two attached hydrogens (primary N) is 1. The van der Waals surface area contributed by atoms with E-state index >= 15 is 0 Å². The van der Waals surface area contributed by atoms with E-state index in [1.807, 2.05) is 0 Å². The zero-order chi connectivity index (χ0) is 13.9. The first-order valence-corrected chi connectivity index (χ1v) is 7.36. The van der Waals surface area contributed by atoms with Crippen LogP contribution < -0.4 is 10.5 Å². The predicted molar refractivity (Wildman–Crippen MR) is 72.1 cm³/mol. The molecule has 0 spiro atoms. The highest BCUT2D eigenvalue weighted by Crippen LogP contribution is 2.26. The Morgan fingerprint density at radius 2 is 2.11 bits per heavy atom. The van der Waals surface area contributed by atoms with E-state index in [1.165, 1.54) is 12.1 Å². The number of hydrogen-bond acceptors (Lipinski definition) is 4. The van der Waals surface area contributed by atoms with E-state index < -0.39 is 16.1 Å². The van der Waals surface area contributed by atoms with Crippen LogP contribution in [-0.4, -0.2) is 26.2 Å². The summed E-state index contributed by atoms with van der Waals surface area (Å²) in [6.07, 6.45) is 0.491. The number of rotatable bonds is 5. The van der Waals surface area contributed by atoms with Gasteiger partial charge in [0.25, 0.3) is 0 Å². The third kappa shape index (κ3) is 3.35. The molecule has 0 heterocycles. The molecule has 1 rings (SSSR count). The number of aliphatic hydroxyl groups is 1. The Kier molecular flexibility index (Phi) is 4.98. The maximum Gasteiger partial charge on any atom is 0.241 e. The first-order valence-electron chi connectivity index (χ1n) is 5.50. The van der Waals surface area contributed by atoms with Gasteiger partial charge in [-0.1, -0.05) is 18.5 Å². The van der Waals surface area contributed by atoms with Crippen molar-refractivity contribution in [1.29, 1.82) is 0 Å². The highest BCUT2D eigenvalue weighted by atomic mass is 35.5. The summed E-state index contributed by atoms with van der Waals surface area (Å²) in [5.41, 5.74) is 6.45. The van der Waals surface area contributed by atoms with Gasteiger partial charge in [-0.15, -0.1) is 0 Å². The monoisotopic (exact) mass is 292 g/mol. The molecule has 0 unspecified atom stereocenters. The van der Waals surface area contributed by atoms with Crippen molar-refractivity contribution in [2.24, 2.45) is 0 Å². The van der Waals surface area contributed by atoms with Gasteiger partial charge >= 0.3 is 0 Å². The third-order valence-corrected chi connectivity index (χ3v) is 4.55. The van der Waals surface area contributed by atoms with Gasteiger partial charge in [0, 0.05) is 16.8 Å². The molecule has 0 aliphatic carbocycles. The van der Waals surface area contributed by atoms with Crippen molar-refractivity contribution in [3.8, 4) is 0 Å². The number of sulfonamides is 1. The second kappa shape index (κ2) is 5.88. The van der Waals surface area contributed by atoms with Crippen LogP contribution in [0.2, 0.25) is 5.02 Å². The van der Waals surface area contributed by atoms with Gasteiger partial charge in [-0.25, -0.2) is 13.1 Å². The molecule has 7 heteroatoms. The van der Waals surface area contributed by atoms with E-state index in [0.717, 1.165) is 0 Å². The van der Waals surface area contributed by atoms with Crippen LogP contribution >= 0.6 is 11.6 Å². The smallest absolute Gasteiger partial charge is 0.241 e. The molecular formula is C11H17ClN2O3S. The molecule has 0 bridgehead atoms. The molecule has 102 valence electrons. The van der Waals surface area contributed by atoms with Gasteiger partial charge in [-0.2, -0.15) is 0 Å². The van der Waals surface area contributed by atoms with E-state index in [-0.39, 0.29) is 16.5 Å². The summed E-state index contributed by atoms with van der Waals surface area (Å²) in [6.45, 7) is 3.13. The molecule has 4 N–H and O–H groups in total. The second-order valence-corrected chi connectivity index (χ2v) is 6.15. The summed E-state index contributed by atoms with van der Waals surface area (Å²) >= 11 is 5.81. The van der Waals surface area contributed by atoms with Gasteiger partial charge in [0.15, 0.2) is 0 Å². The van der Waals surface area contributed by atoms with E-state index in [2.05, 4.69) is 4.72 Å². The van der Waals surface area contributed by atoms with Gasteiger partial charge < -0.3 is 10.8 Å². The average molecular weight is 293 g/mol. The zero-order valence-electron chi connectivity index (χ0n) is 10.3. The molecule has 18 heavy (non-hydrogen) atoms. The Morgan fingerprint density at radius 3 is 2.61 bits per heavy atom. The third-order valence-electron chi connectivity index (χ3n) is 2.69. The molecule has 0 fully saturated rings. The number of nitrogens with one attached hydrogen (secondary N) is 1. The second-order valence-electron chi connectivity index (χ2n) is 4.03. The standard InChI is InChI=1S/C11H17ClN2O3S/c1-3-9(6-15)14-18(16,17)11-5-8(12)4-10(13)7(11)2/h4-5,9,14-15H,3,6,13H2,1-2H3/t9-/m1/s1. The quantitative estimate of drug-likeness (QED) is 0.713. The first-order chi connectivity index (χ1) is 8.31. The summed E-state index contributed by atoms with van der Waals surface area (Å²) in [5, 5.41) is 9.30. The van der Waals surface area contributed by atoms with Gasteiger partial charge in [0.05, 0.1) is 11.5 Å². The van der Waals surface area contributed by atoms with Crippen molar-refractivity contribution in [3.05, 3.63) is 22.7 Å². The van der Waals surface area contributed by atoms with Crippen molar-refractivity contribution >= 4 is 27.3 Å². The van der Waals surface area contributed by atoms with E-state index in [1.54, 1.807) is 13.8 Å². The zero-order valence-corrected chi connectivity index (χ0v) is 11.8. The predicted octanol–water partition coefficient (Wildman–Crippen LogP) is 1.28. The van der Waals surface area contributed by atoms with Crippen molar-refractivity contribution in [2.75, 3.05) is 12.3 Å². The molecule has 0 amide bonds. The molecule has 1 atom stereocenters. The Morgan fingerprint density at radius 1 is 1.50 bits per heavy atom. The first kappa shape index (κ1) is 15.2. The van der Waals surface area contributed by atoms with Crippen LogP contribution in [-0.2, 0) is 10.0 Å². The molecule has 0 radical (unpaired) electrons. The maximum atomic E-state index is 12.1. The van der Waals surface area contributed by atoms with Crippen LogP contribution in [0.4, 0.5) is 5.69 Å². The van der Waals surface area contributed by atoms with Gasteiger partial charge in [0.2, 0.25) is 10.0 Å². The summed E-state index contributed by atoms with van der Waals surface area (Å²) in [6, 6.07) is 2.33. The normalized spacial score (nSPS) is 13.6. The minimum Gasteiger partial charge on any atom is -0.398 e. The van der Waals surface area contributed by atoms with Crippen molar-refractivity contribution < 1.29 is 13.5 Å². The van der Waals surface area contributed by atoms with E-state index in [4.69, 9.17) is 22.4 Å². The fraction of sp³-hybridized carbons (Fsp3) is 0.455. The summed E-state index contributed by atoms with van der Waals surface area (Å²) in [5.74, 6) is 0. The fourth-order valence-electron chi connectivity index (χ4n) is 1.49. The molecule has 5 nitrogen and oxygen atoms in total. The molecule has 0 aliphatic rings. The minimum atomic E-state index is -3.73. The number of benzene rings is 1. The summed E-state index contributed by atoms with van der Waals surface area (Å²) in [4.78, 5) is 0.0411. The average Bonchev–Trinajstić information content (AvgIpc) is 2.30. The van der Waals surface area contributed by atoms with Gasteiger partial charge in [-0.05, 0) is 31.0 Å². The summed E-state index contributed by atoms with van der Waals surface area (Å²) < 4.78 is 26.7. The number of halogens is 1. The van der Waals surface area contributed by atoms with Crippen LogP contribution in [0.1, 0.15) is 18.9 Å². The molecule has 1 aromatic carbocycles. The minimum absolute atomic E-state index is 0.0411. The maximum absolute atomic E-state index is 12.1. The van der Waals surface area contributed by atoms with Crippen molar-refractivity contribution in [2.45, 2.75) is 31.2 Å². The lowest BCUT2D eigenvalue weighted by atomic mass is 10.2. The van der Waals surface area contributed by atoms with Gasteiger partial charge in [0.1, 0.15) is 0 Å². The molecule has 1 aromatic rings. The number of nitrogen functional groups attached to an aromatic ring is 1. The van der Waals surface area contributed by atoms with Crippen molar-refractivity contribution in [3.63, 3.8) is 0 Å². The van der Waals surface area contributed by atoms with E-state index in [9.17, 15) is 8.42 Å². The summed E-state index contributed by atoms with van der Waals surface area (Å²) in [7, 11) is -3.73. The van der Waals surface area contributed by atoms with Crippen LogP contribution in [0, 0.1) is 6.92 Å². The number of hydrogen-bond donors (Lipinski definition) is 3.